The number of amides is 1. The first-order valence-electron chi connectivity index (χ1n) is 9.83. The number of piperidine rings is 1. The predicted octanol–water partition coefficient (Wildman–Crippen LogP) is 3.25. The highest BCUT2D eigenvalue weighted by atomic mass is 32.1. The van der Waals surface area contributed by atoms with Crippen LogP contribution in [-0.4, -0.2) is 47.5 Å². The number of ether oxygens (including phenoxy) is 1. The first kappa shape index (κ1) is 20.3. The maximum Gasteiger partial charge on any atom is 0.282 e. The number of halogens is 1. The van der Waals surface area contributed by atoms with Gasteiger partial charge in [0, 0.05) is 23.9 Å². The van der Waals surface area contributed by atoms with E-state index in [9.17, 15) is 14.0 Å². The lowest BCUT2D eigenvalue weighted by atomic mass is 9.94. The Balaban J connectivity index is 1.75. The summed E-state index contributed by atoms with van der Waals surface area (Å²) in [6.07, 6.45) is 2.07. The number of hydrogen-bond acceptors (Lipinski definition) is 6. The van der Waals surface area contributed by atoms with Crippen LogP contribution >= 0.6 is 11.3 Å². The van der Waals surface area contributed by atoms with Crippen molar-refractivity contribution in [3.8, 4) is 11.4 Å². The summed E-state index contributed by atoms with van der Waals surface area (Å²) in [5.41, 5.74) is 6.42. The average Bonchev–Trinajstić information content (AvgIpc) is 3.17. The smallest absolute Gasteiger partial charge is 0.282 e. The van der Waals surface area contributed by atoms with Crippen LogP contribution in [0.3, 0.4) is 0 Å². The average molecular weight is 431 g/mol. The number of hydrogen-bond donors (Lipinski definition) is 1. The minimum atomic E-state index is -0.368. The van der Waals surface area contributed by atoms with Crippen LogP contribution in [0.15, 0.2) is 34.4 Å². The number of benzene rings is 1. The SMILES string of the molecule is COc1ccc(-n2nc(C(=O)N3CCC(CCF)CC3)c3csc(N)c3c2=O)cc1. The zero-order chi connectivity index (χ0) is 21.3. The molecule has 1 aromatic carbocycles. The maximum atomic E-state index is 13.3. The van der Waals surface area contributed by atoms with Crippen molar-refractivity contribution in [2.24, 2.45) is 5.92 Å². The number of nitrogens with zero attached hydrogens (tertiary/aromatic N) is 3. The molecule has 4 rings (SSSR count). The van der Waals surface area contributed by atoms with Gasteiger partial charge in [-0.15, -0.1) is 11.3 Å². The summed E-state index contributed by atoms with van der Waals surface area (Å²) in [5, 5.41) is 7.28. The fraction of sp³-hybridized carbons (Fsp3) is 0.381. The van der Waals surface area contributed by atoms with Gasteiger partial charge in [0.1, 0.15) is 5.75 Å². The maximum absolute atomic E-state index is 13.3. The lowest BCUT2D eigenvalue weighted by Crippen LogP contribution is -2.40. The van der Waals surface area contributed by atoms with Crippen LogP contribution in [0, 0.1) is 5.92 Å². The molecule has 0 bridgehead atoms. The molecule has 0 aliphatic carbocycles. The number of fused-ring (bicyclic) bond motifs is 1. The van der Waals surface area contributed by atoms with E-state index < -0.39 is 0 Å². The number of methoxy groups -OCH3 is 1. The van der Waals surface area contributed by atoms with E-state index in [0.29, 0.717) is 52.6 Å². The van der Waals surface area contributed by atoms with Gasteiger partial charge in [-0.2, -0.15) is 9.78 Å². The zero-order valence-electron chi connectivity index (χ0n) is 16.6. The summed E-state index contributed by atoms with van der Waals surface area (Å²) in [6, 6.07) is 6.86. The van der Waals surface area contributed by atoms with E-state index >= 15 is 0 Å². The summed E-state index contributed by atoms with van der Waals surface area (Å²) in [5.74, 6) is 0.714. The third-order valence-electron chi connectivity index (χ3n) is 5.62. The standard InChI is InChI=1S/C21H23FN4O3S/c1-29-15-4-2-14(3-5-15)26-20(27)17-16(12-30-19(17)23)18(24-26)21(28)25-10-7-13(6-9-22)8-11-25/h2-5,12-13H,6-11,23H2,1H3. The van der Waals surface area contributed by atoms with Gasteiger partial charge in [-0.1, -0.05) is 0 Å². The predicted molar refractivity (Wildman–Crippen MR) is 115 cm³/mol. The van der Waals surface area contributed by atoms with Crippen LogP contribution < -0.4 is 16.0 Å². The molecule has 0 saturated carbocycles. The molecule has 0 unspecified atom stereocenters. The number of carbonyl (C=O) groups is 1. The van der Waals surface area contributed by atoms with Crippen LogP contribution in [-0.2, 0) is 0 Å². The topological polar surface area (TPSA) is 90.5 Å². The third-order valence-corrected chi connectivity index (χ3v) is 6.43. The molecule has 7 nitrogen and oxygen atoms in total. The van der Waals surface area contributed by atoms with E-state index in [4.69, 9.17) is 10.5 Å². The van der Waals surface area contributed by atoms with E-state index in [1.807, 2.05) is 0 Å². The van der Waals surface area contributed by atoms with Gasteiger partial charge in [-0.05, 0) is 49.4 Å². The highest BCUT2D eigenvalue weighted by molar-refractivity contribution is 7.15. The van der Waals surface area contributed by atoms with Crippen LogP contribution in [0.5, 0.6) is 5.75 Å². The minimum Gasteiger partial charge on any atom is -0.497 e. The van der Waals surface area contributed by atoms with Crippen molar-refractivity contribution in [1.82, 2.24) is 14.7 Å². The Morgan fingerprint density at radius 1 is 1.30 bits per heavy atom. The number of likely N-dealkylation sites (tertiary alicyclic amines) is 1. The molecular formula is C21H23FN4O3S. The molecule has 9 heteroatoms. The van der Waals surface area contributed by atoms with Gasteiger partial charge < -0.3 is 15.4 Å². The first-order valence-corrected chi connectivity index (χ1v) is 10.7. The molecule has 158 valence electrons. The second-order valence-electron chi connectivity index (χ2n) is 7.37. The number of rotatable bonds is 5. The molecule has 0 atom stereocenters. The van der Waals surface area contributed by atoms with Crippen LogP contribution in [0.25, 0.3) is 16.5 Å². The Kier molecular flexibility index (Phi) is 5.72. The third kappa shape index (κ3) is 3.65. The second kappa shape index (κ2) is 8.43. The van der Waals surface area contributed by atoms with Crippen molar-refractivity contribution in [3.05, 3.63) is 45.7 Å². The van der Waals surface area contributed by atoms with Crippen molar-refractivity contribution in [2.45, 2.75) is 19.3 Å². The van der Waals surface area contributed by atoms with Crippen LogP contribution in [0.1, 0.15) is 29.8 Å². The highest BCUT2D eigenvalue weighted by Crippen LogP contribution is 2.29. The lowest BCUT2D eigenvalue weighted by molar-refractivity contribution is 0.0678. The summed E-state index contributed by atoms with van der Waals surface area (Å²) in [4.78, 5) is 28.1. The summed E-state index contributed by atoms with van der Waals surface area (Å²) >= 11 is 1.22. The van der Waals surface area contributed by atoms with Crippen molar-refractivity contribution in [3.63, 3.8) is 0 Å². The van der Waals surface area contributed by atoms with Crippen LogP contribution in [0.2, 0.25) is 0 Å². The largest absolute Gasteiger partial charge is 0.497 e. The Bertz CT molecular complexity index is 1120. The molecule has 30 heavy (non-hydrogen) atoms. The molecule has 1 fully saturated rings. The Labute approximate surface area is 176 Å². The fourth-order valence-electron chi connectivity index (χ4n) is 3.86. The lowest BCUT2D eigenvalue weighted by Gasteiger charge is -2.31. The molecule has 1 saturated heterocycles. The summed E-state index contributed by atoms with van der Waals surface area (Å²) in [6.45, 7) is 0.768. The molecule has 2 N–H and O–H groups in total. The summed E-state index contributed by atoms with van der Waals surface area (Å²) in [7, 11) is 1.56. The van der Waals surface area contributed by atoms with Crippen molar-refractivity contribution < 1.29 is 13.9 Å². The molecule has 3 heterocycles. The van der Waals surface area contributed by atoms with E-state index in [1.165, 1.54) is 16.0 Å². The number of alkyl halides is 1. The van der Waals surface area contributed by atoms with Crippen molar-refractivity contribution >= 4 is 33.0 Å². The van der Waals surface area contributed by atoms with E-state index in [1.54, 1.807) is 41.7 Å². The number of aromatic nitrogens is 2. The van der Waals surface area contributed by atoms with Gasteiger partial charge in [-0.25, -0.2) is 0 Å². The van der Waals surface area contributed by atoms with Crippen molar-refractivity contribution in [2.75, 3.05) is 32.6 Å². The number of anilines is 1. The molecule has 1 aliphatic rings. The van der Waals surface area contributed by atoms with Crippen LogP contribution in [0.4, 0.5) is 9.39 Å². The number of carbonyl (C=O) groups excluding carboxylic acids is 1. The fourth-order valence-corrected chi connectivity index (χ4v) is 4.65. The first-order chi connectivity index (χ1) is 14.5. The monoisotopic (exact) mass is 430 g/mol. The highest BCUT2D eigenvalue weighted by Gasteiger charge is 2.28. The Morgan fingerprint density at radius 2 is 2.00 bits per heavy atom. The van der Waals surface area contributed by atoms with Crippen molar-refractivity contribution in [1.29, 1.82) is 0 Å². The zero-order valence-corrected chi connectivity index (χ0v) is 17.5. The molecule has 1 amide bonds. The van der Waals surface area contributed by atoms with Gasteiger partial charge in [-0.3, -0.25) is 14.0 Å². The van der Waals surface area contributed by atoms with Gasteiger partial charge in [0.15, 0.2) is 5.69 Å². The number of thiophene rings is 1. The number of nitrogens with two attached hydrogens (primary N) is 1. The molecule has 1 aliphatic heterocycles. The molecule has 3 aromatic rings. The van der Waals surface area contributed by atoms with Gasteiger partial charge in [0.05, 0.1) is 29.9 Å². The molecule has 0 radical (unpaired) electrons. The Morgan fingerprint density at radius 3 is 2.63 bits per heavy atom. The molecule has 0 spiro atoms. The second-order valence-corrected chi connectivity index (χ2v) is 8.28. The quantitative estimate of drug-likeness (QED) is 0.671. The number of nitrogen functional groups attached to an aromatic ring is 1. The normalized spacial score (nSPS) is 14.9. The van der Waals surface area contributed by atoms with E-state index in [2.05, 4.69) is 5.10 Å². The van der Waals surface area contributed by atoms with E-state index in [0.717, 1.165) is 12.8 Å². The Hall–Kier alpha value is -2.94. The van der Waals surface area contributed by atoms with E-state index in [-0.39, 0.29) is 23.8 Å². The van der Waals surface area contributed by atoms with Gasteiger partial charge in [0.25, 0.3) is 11.5 Å². The van der Waals surface area contributed by atoms with Gasteiger partial charge >= 0.3 is 0 Å². The molecular weight excluding hydrogens is 407 g/mol. The summed E-state index contributed by atoms with van der Waals surface area (Å²) < 4.78 is 19.0. The van der Waals surface area contributed by atoms with Gasteiger partial charge in [0.2, 0.25) is 0 Å². The minimum absolute atomic E-state index is 0.206. The molecule has 2 aromatic heterocycles.